The molecule has 2 aromatic rings. The van der Waals surface area contributed by atoms with Gasteiger partial charge in [-0.1, -0.05) is 6.92 Å². The average molecular weight is 292 g/mol. The van der Waals surface area contributed by atoms with Gasteiger partial charge in [0.2, 0.25) is 0 Å². The fourth-order valence-electron chi connectivity index (χ4n) is 2.15. The highest BCUT2D eigenvalue weighted by molar-refractivity contribution is 7.09. The number of rotatable bonds is 6. The number of aryl methyl sites for hydroxylation is 1. The molecule has 0 saturated heterocycles. The summed E-state index contributed by atoms with van der Waals surface area (Å²) in [6, 6.07) is 5.91. The number of aromatic nitrogens is 1. The first kappa shape index (κ1) is 14.8. The Labute approximate surface area is 123 Å². The van der Waals surface area contributed by atoms with Crippen molar-refractivity contribution in [3.63, 3.8) is 0 Å². The summed E-state index contributed by atoms with van der Waals surface area (Å²) in [5, 5.41) is 6.62. The summed E-state index contributed by atoms with van der Waals surface area (Å²) < 4.78 is 10.7. The molecule has 1 aromatic carbocycles. The number of nitrogens with one attached hydrogen (secondary N) is 1. The summed E-state index contributed by atoms with van der Waals surface area (Å²) in [6.45, 7) is 4.96. The van der Waals surface area contributed by atoms with Crippen LogP contribution in [0.2, 0.25) is 0 Å². The third kappa shape index (κ3) is 3.11. The van der Waals surface area contributed by atoms with E-state index in [0.717, 1.165) is 34.3 Å². The highest BCUT2D eigenvalue weighted by atomic mass is 32.1. The zero-order valence-electron chi connectivity index (χ0n) is 12.3. The van der Waals surface area contributed by atoms with E-state index in [0.29, 0.717) is 0 Å². The van der Waals surface area contributed by atoms with Crippen molar-refractivity contribution in [2.24, 2.45) is 0 Å². The maximum Gasteiger partial charge on any atom is 0.127 e. The number of benzene rings is 1. The number of hydrogen-bond acceptors (Lipinski definition) is 5. The van der Waals surface area contributed by atoms with Gasteiger partial charge in [0.05, 0.1) is 31.0 Å². The third-order valence-corrected chi connectivity index (χ3v) is 3.88. The minimum absolute atomic E-state index is 0.0332. The number of hydrogen-bond donors (Lipinski definition) is 1. The van der Waals surface area contributed by atoms with Crippen molar-refractivity contribution in [3.8, 4) is 11.5 Å². The molecule has 0 aliphatic rings. The normalized spacial score (nSPS) is 12.2. The van der Waals surface area contributed by atoms with Gasteiger partial charge in [0, 0.05) is 17.0 Å². The maximum absolute atomic E-state index is 5.50. The van der Waals surface area contributed by atoms with Gasteiger partial charge in [-0.05, 0) is 25.6 Å². The Bertz CT molecular complexity index is 569. The topological polar surface area (TPSA) is 43.4 Å². The molecule has 0 bridgehead atoms. The van der Waals surface area contributed by atoms with Crippen molar-refractivity contribution in [2.75, 3.05) is 20.8 Å². The highest BCUT2D eigenvalue weighted by Gasteiger charge is 2.20. The summed E-state index contributed by atoms with van der Waals surface area (Å²) in [7, 11) is 3.33. The molecular weight excluding hydrogens is 272 g/mol. The van der Waals surface area contributed by atoms with E-state index in [1.54, 1.807) is 25.6 Å². The van der Waals surface area contributed by atoms with Gasteiger partial charge in [0.25, 0.3) is 0 Å². The highest BCUT2D eigenvalue weighted by Crippen LogP contribution is 2.33. The van der Waals surface area contributed by atoms with Crippen molar-refractivity contribution in [1.82, 2.24) is 10.3 Å². The van der Waals surface area contributed by atoms with E-state index in [2.05, 4.69) is 22.6 Å². The lowest BCUT2D eigenvalue weighted by atomic mass is 10.0. The Hall–Kier alpha value is -1.59. The van der Waals surface area contributed by atoms with Crippen molar-refractivity contribution in [1.29, 1.82) is 0 Å². The van der Waals surface area contributed by atoms with Crippen molar-refractivity contribution < 1.29 is 9.47 Å². The number of nitrogens with zero attached hydrogens (tertiary/aromatic N) is 1. The van der Waals surface area contributed by atoms with Crippen LogP contribution in [0.1, 0.15) is 29.2 Å². The summed E-state index contributed by atoms with van der Waals surface area (Å²) in [6.07, 6.45) is 0. The lowest BCUT2D eigenvalue weighted by Crippen LogP contribution is -2.23. The summed E-state index contributed by atoms with van der Waals surface area (Å²) >= 11 is 1.66. The molecule has 1 unspecified atom stereocenters. The van der Waals surface area contributed by atoms with Crippen LogP contribution >= 0.6 is 11.3 Å². The van der Waals surface area contributed by atoms with E-state index < -0.39 is 0 Å². The van der Waals surface area contributed by atoms with Crippen molar-refractivity contribution in [2.45, 2.75) is 19.9 Å². The van der Waals surface area contributed by atoms with Gasteiger partial charge in [-0.3, -0.25) is 0 Å². The number of thiazole rings is 1. The monoisotopic (exact) mass is 292 g/mol. The average Bonchev–Trinajstić information content (AvgIpc) is 2.90. The van der Waals surface area contributed by atoms with E-state index in [1.165, 1.54) is 0 Å². The van der Waals surface area contributed by atoms with Crippen molar-refractivity contribution >= 4 is 11.3 Å². The van der Waals surface area contributed by atoms with Gasteiger partial charge < -0.3 is 14.8 Å². The van der Waals surface area contributed by atoms with E-state index >= 15 is 0 Å². The molecule has 0 radical (unpaired) electrons. The predicted octanol–water partition coefficient (Wildman–Crippen LogP) is 3.17. The van der Waals surface area contributed by atoms with Crippen LogP contribution in [-0.4, -0.2) is 25.7 Å². The van der Waals surface area contributed by atoms with Gasteiger partial charge in [-0.2, -0.15) is 0 Å². The molecule has 1 N–H and O–H groups in total. The second-order valence-corrected chi connectivity index (χ2v) is 5.45. The van der Waals surface area contributed by atoms with Gasteiger partial charge in [-0.15, -0.1) is 11.3 Å². The lowest BCUT2D eigenvalue weighted by molar-refractivity contribution is 0.387. The number of methoxy groups -OCH3 is 2. The first-order valence-electron chi connectivity index (χ1n) is 6.57. The molecule has 0 aliphatic carbocycles. The maximum atomic E-state index is 5.50. The Balaban J connectivity index is 2.43. The molecule has 2 rings (SSSR count). The van der Waals surface area contributed by atoms with Crippen LogP contribution in [0, 0.1) is 6.92 Å². The lowest BCUT2D eigenvalue weighted by Gasteiger charge is -2.19. The van der Waals surface area contributed by atoms with Crippen LogP contribution < -0.4 is 14.8 Å². The minimum atomic E-state index is 0.0332. The molecule has 5 heteroatoms. The fourth-order valence-corrected chi connectivity index (χ4v) is 2.79. The molecule has 1 aromatic heterocycles. The molecule has 108 valence electrons. The van der Waals surface area contributed by atoms with Crippen LogP contribution in [-0.2, 0) is 0 Å². The molecule has 1 heterocycles. The molecular formula is C15H20N2O2S. The summed E-state index contributed by atoms with van der Waals surface area (Å²) in [5.41, 5.74) is 2.10. The quantitative estimate of drug-likeness (QED) is 0.888. The van der Waals surface area contributed by atoms with Gasteiger partial charge in [0.1, 0.15) is 11.5 Å². The molecule has 0 amide bonds. The molecule has 4 nitrogen and oxygen atoms in total. The first-order valence-corrected chi connectivity index (χ1v) is 7.44. The van der Waals surface area contributed by atoms with E-state index in [9.17, 15) is 0 Å². The smallest absolute Gasteiger partial charge is 0.127 e. The van der Waals surface area contributed by atoms with E-state index in [-0.39, 0.29) is 6.04 Å². The molecule has 20 heavy (non-hydrogen) atoms. The zero-order valence-corrected chi connectivity index (χ0v) is 13.1. The Kier molecular flexibility index (Phi) is 4.98. The molecule has 0 fully saturated rings. The summed E-state index contributed by atoms with van der Waals surface area (Å²) in [5.74, 6) is 1.59. The number of ether oxygens (including phenoxy) is 2. The van der Waals surface area contributed by atoms with Crippen LogP contribution in [0.15, 0.2) is 23.6 Å². The summed E-state index contributed by atoms with van der Waals surface area (Å²) in [4.78, 5) is 4.59. The molecule has 1 atom stereocenters. The predicted molar refractivity (Wildman–Crippen MR) is 81.9 cm³/mol. The van der Waals surface area contributed by atoms with Gasteiger partial charge >= 0.3 is 0 Å². The third-order valence-electron chi connectivity index (χ3n) is 3.09. The van der Waals surface area contributed by atoms with Gasteiger partial charge in [0.15, 0.2) is 0 Å². The first-order chi connectivity index (χ1) is 9.69. The van der Waals surface area contributed by atoms with Crippen LogP contribution in [0.3, 0.4) is 0 Å². The van der Waals surface area contributed by atoms with Crippen LogP contribution in [0.5, 0.6) is 11.5 Å². The molecule has 0 spiro atoms. The van der Waals surface area contributed by atoms with Crippen molar-refractivity contribution in [3.05, 3.63) is 39.8 Å². The zero-order chi connectivity index (χ0) is 14.5. The molecule has 0 aliphatic heterocycles. The van der Waals surface area contributed by atoms with Gasteiger partial charge in [-0.25, -0.2) is 4.98 Å². The Morgan fingerprint density at radius 3 is 2.65 bits per heavy atom. The Morgan fingerprint density at radius 1 is 1.30 bits per heavy atom. The largest absolute Gasteiger partial charge is 0.497 e. The minimum Gasteiger partial charge on any atom is -0.497 e. The van der Waals surface area contributed by atoms with Crippen LogP contribution in [0.4, 0.5) is 0 Å². The molecule has 0 saturated carbocycles. The van der Waals surface area contributed by atoms with E-state index in [4.69, 9.17) is 9.47 Å². The Morgan fingerprint density at radius 2 is 2.10 bits per heavy atom. The standard InChI is InChI=1S/C15H20N2O2S/c1-5-16-15(13-9-20-10(2)17-13)12-7-6-11(18-3)8-14(12)19-4/h6-9,15-16H,5H2,1-4H3. The van der Waals surface area contributed by atoms with Crippen LogP contribution in [0.25, 0.3) is 0 Å². The second-order valence-electron chi connectivity index (χ2n) is 4.39. The fraction of sp³-hybridized carbons (Fsp3) is 0.400. The SMILES string of the molecule is CCNC(c1csc(C)n1)c1ccc(OC)cc1OC. The second kappa shape index (κ2) is 6.72. The van der Waals surface area contributed by atoms with E-state index in [1.807, 2.05) is 25.1 Å².